The number of aryl methyl sites for hydroxylation is 2. The van der Waals surface area contributed by atoms with Gasteiger partial charge in [-0.1, -0.05) is 11.6 Å². The zero-order valence-electron chi connectivity index (χ0n) is 9.08. The van der Waals surface area contributed by atoms with Crippen LogP contribution in [0.2, 0.25) is 5.15 Å². The van der Waals surface area contributed by atoms with Crippen LogP contribution >= 0.6 is 11.6 Å². The lowest BCUT2D eigenvalue weighted by Gasteiger charge is -2.04. The third-order valence-electron chi connectivity index (χ3n) is 2.56. The fraction of sp³-hybridized carbons (Fsp3) is 0.300. The predicted molar refractivity (Wildman–Crippen MR) is 59.2 cm³/mol. The van der Waals surface area contributed by atoms with Gasteiger partial charge in [0.15, 0.2) is 5.65 Å². The Morgan fingerprint density at radius 3 is 2.50 bits per heavy atom. The number of halogens is 1. The SMILES string of the molecule is Cc1nc2c(C(=O)O)c(C)nn2c(Cl)c1C. The number of hydrogen-bond acceptors (Lipinski definition) is 3. The minimum absolute atomic E-state index is 0.102. The molecule has 2 rings (SSSR count). The average Bonchev–Trinajstić information content (AvgIpc) is 2.51. The van der Waals surface area contributed by atoms with E-state index in [2.05, 4.69) is 10.1 Å². The van der Waals surface area contributed by atoms with E-state index in [1.807, 2.05) is 6.92 Å². The maximum atomic E-state index is 11.1. The van der Waals surface area contributed by atoms with Gasteiger partial charge in [-0.2, -0.15) is 5.10 Å². The van der Waals surface area contributed by atoms with E-state index in [-0.39, 0.29) is 11.2 Å². The van der Waals surface area contributed by atoms with E-state index in [4.69, 9.17) is 16.7 Å². The number of aromatic carboxylic acids is 1. The predicted octanol–water partition coefficient (Wildman–Crippen LogP) is 2.01. The lowest BCUT2D eigenvalue weighted by molar-refractivity contribution is 0.0698. The summed E-state index contributed by atoms with van der Waals surface area (Å²) in [6, 6.07) is 0. The molecular formula is C10H10ClN3O2. The summed E-state index contributed by atoms with van der Waals surface area (Å²) in [4.78, 5) is 15.3. The largest absolute Gasteiger partial charge is 0.477 e. The van der Waals surface area contributed by atoms with Crippen LogP contribution in [0.1, 0.15) is 27.3 Å². The molecule has 2 aromatic rings. The number of carboxylic acid groups (broad SMARTS) is 1. The molecule has 5 nitrogen and oxygen atoms in total. The first-order valence-corrected chi connectivity index (χ1v) is 5.06. The molecule has 16 heavy (non-hydrogen) atoms. The minimum Gasteiger partial charge on any atom is -0.477 e. The van der Waals surface area contributed by atoms with E-state index >= 15 is 0 Å². The Hall–Kier alpha value is -1.62. The van der Waals surface area contributed by atoms with Crippen molar-refractivity contribution in [2.24, 2.45) is 0 Å². The van der Waals surface area contributed by atoms with E-state index < -0.39 is 5.97 Å². The first-order chi connectivity index (χ1) is 7.43. The first kappa shape index (κ1) is 10.9. The summed E-state index contributed by atoms with van der Waals surface area (Å²) in [5, 5.41) is 13.5. The number of nitrogens with zero attached hydrogens (tertiary/aromatic N) is 3. The molecule has 0 aliphatic carbocycles. The summed E-state index contributed by atoms with van der Waals surface area (Å²) in [5.74, 6) is -1.04. The van der Waals surface area contributed by atoms with Gasteiger partial charge in [0.05, 0.1) is 5.69 Å². The lowest BCUT2D eigenvalue weighted by Crippen LogP contribution is -2.02. The number of fused-ring (bicyclic) bond motifs is 1. The second kappa shape index (κ2) is 3.45. The summed E-state index contributed by atoms with van der Waals surface area (Å²) < 4.78 is 1.36. The Labute approximate surface area is 96.7 Å². The van der Waals surface area contributed by atoms with Crippen LogP contribution in [0, 0.1) is 20.8 Å². The Morgan fingerprint density at radius 2 is 1.94 bits per heavy atom. The van der Waals surface area contributed by atoms with Crippen molar-refractivity contribution in [3.8, 4) is 0 Å². The minimum atomic E-state index is -1.04. The molecule has 1 N–H and O–H groups in total. The monoisotopic (exact) mass is 239 g/mol. The van der Waals surface area contributed by atoms with Crippen molar-refractivity contribution in [2.75, 3.05) is 0 Å². The van der Waals surface area contributed by atoms with Gasteiger partial charge in [0.2, 0.25) is 0 Å². The zero-order chi connectivity index (χ0) is 12.0. The van der Waals surface area contributed by atoms with Crippen molar-refractivity contribution < 1.29 is 9.90 Å². The highest BCUT2D eigenvalue weighted by Crippen LogP contribution is 2.22. The fourth-order valence-corrected chi connectivity index (χ4v) is 1.81. The molecule has 0 unspecified atom stereocenters. The van der Waals surface area contributed by atoms with Gasteiger partial charge in [-0.05, 0) is 20.8 Å². The summed E-state index contributed by atoms with van der Waals surface area (Å²) in [5.41, 5.74) is 2.31. The number of rotatable bonds is 1. The molecule has 0 bridgehead atoms. The number of aromatic nitrogens is 3. The van der Waals surface area contributed by atoms with Crippen LogP contribution in [0.15, 0.2) is 0 Å². The third-order valence-corrected chi connectivity index (χ3v) is 3.01. The van der Waals surface area contributed by atoms with Crippen molar-refractivity contribution >= 4 is 23.2 Å². The van der Waals surface area contributed by atoms with Gasteiger partial charge in [0.1, 0.15) is 10.7 Å². The highest BCUT2D eigenvalue weighted by Gasteiger charge is 2.20. The van der Waals surface area contributed by atoms with E-state index in [0.717, 1.165) is 5.56 Å². The van der Waals surface area contributed by atoms with Crippen molar-refractivity contribution in [1.29, 1.82) is 0 Å². The molecule has 0 radical (unpaired) electrons. The molecule has 2 aromatic heterocycles. The van der Waals surface area contributed by atoms with Crippen LogP contribution in [-0.4, -0.2) is 25.7 Å². The standard InChI is InChI=1S/C10H10ClN3O2/c1-4-5(2)12-9-7(10(15)16)6(3)13-14(9)8(4)11/h1-3H3,(H,15,16). The average molecular weight is 240 g/mol. The van der Waals surface area contributed by atoms with E-state index in [1.54, 1.807) is 13.8 Å². The normalized spacial score (nSPS) is 11.0. The quantitative estimate of drug-likeness (QED) is 0.773. The van der Waals surface area contributed by atoms with Crippen molar-refractivity contribution in [1.82, 2.24) is 14.6 Å². The Morgan fingerprint density at radius 1 is 1.31 bits per heavy atom. The van der Waals surface area contributed by atoms with E-state index in [1.165, 1.54) is 4.52 Å². The summed E-state index contributed by atoms with van der Waals surface area (Å²) in [7, 11) is 0. The maximum Gasteiger partial charge on any atom is 0.341 e. The first-order valence-electron chi connectivity index (χ1n) is 4.68. The molecule has 0 spiro atoms. The van der Waals surface area contributed by atoms with Gasteiger partial charge >= 0.3 is 5.97 Å². The molecule has 0 aromatic carbocycles. The second-order valence-electron chi connectivity index (χ2n) is 3.61. The van der Waals surface area contributed by atoms with Crippen LogP contribution < -0.4 is 0 Å². The molecule has 0 saturated carbocycles. The molecule has 84 valence electrons. The van der Waals surface area contributed by atoms with Crippen molar-refractivity contribution in [2.45, 2.75) is 20.8 Å². The topological polar surface area (TPSA) is 67.5 Å². The van der Waals surface area contributed by atoms with Gasteiger partial charge in [-0.25, -0.2) is 14.3 Å². The van der Waals surface area contributed by atoms with Crippen LogP contribution in [0.5, 0.6) is 0 Å². The van der Waals surface area contributed by atoms with Crippen LogP contribution in [0.4, 0.5) is 0 Å². The Bertz CT molecular complexity index is 604. The van der Waals surface area contributed by atoms with Gasteiger partial charge < -0.3 is 5.11 Å². The molecule has 0 fully saturated rings. The number of carbonyl (C=O) groups is 1. The molecule has 0 atom stereocenters. The zero-order valence-corrected chi connectivity index (χ0v) is 9.83. The van der Waals surface area contributed by atoms with Crippen molar-refractivity contribution in [3.05, 3.63) is 27.7 Å². The second-order valence-corrected chi connectivity index (χ2v) is 3.97. The molecule has 0 aliphatic rings. The summed E-state index contributed by atoms with van der Waals surface area (Å²) in [6.45, 7) is 5.23. The third kappa shape index (κ3) is 1.36. The van der Waals surface area contributed by atoms with Gasteiger partial charge in [0, 0.05) is 11.3 Å². The van der Waals surface area contributed by atoms with Gasteiger partial charge in [0.25, 0.3) is 0 Å². The molecule has 0 saturated heterocycles. The van der Waals surface area contributed by atoms with Crippen molar-refractivity contribution in [3.63, 3.8) is 0 Å². The maximum absolute atomic E-state index is 11.1. The molecule has 0 amide bonds. The number of carboxylic acids is 1. The summed E-state index contributed by atoms with van der Waals surface area (Å²) >= 11 is 6.09. The summed E-state index contributed by atoms with van der Waals surface area (Å²) in [6.07, 6.45) is 0. The van der Waals surface area contributed by atoms with E-state index in [9.17, 15) is 4.79 Å². The van der Waals surface area contributed by atoms with E-state index in [0.29, 0.717) is 16.5 Å². The molecule has 6 heteroatoms. The van der Waals surface area contributed by atoms with Crippen LogP contribution in [0.3, 0.4) is 0 Å². The highest BCUT2D eigenvalue weighted by atomic mass is 35.5. The smallest absolute Gasteiger partial charge is 0.341 e. The highest BCUT2D eigenvalue weighted by molar-refractivity contribution is 6.30. The number of hydrogen-bond donors (Lipinski definition) is 1. The molecule has 2 heterocycles. The molecule has 0 aliphatic heterocycles. The molecular weight excluding hydrogens is 230 g/mol. The van der Waals surface area contributed by atoms with Crippen LogP contribution in [-0.2, 0) is 0 Å². The van der Waals surface area contributed by atoms with Gasteiger partial charge in [-0.3, -0.25) is 0 Å². The Kier molecular flexibility index (Phi) is 2.35. The fourth-order valence-electron chi connectivity index (χ4n) is 1.56. The van der Waals surface area contributed by atoms with Crippen LogP contribution in [0.25, 0.3) is 5.65 Å². The van der Waals surface area contributed by atoms with Gasteiger partial charge in [-0.15, -0.1) is 0 Å². The Balaban J connectivity index is 2.96. The lowest BCUT2D eigenvalue weighted by atomic mass is 10.2.